The maximum absolute atomic E-state index is 13.8. The first kappa shape index (κ1) is 13.6. The van der Waals surface area contributed by atoms with Crippen LogP contribution in [-0.4, -0.2) is 5.11 Å². The fraction of sp³-hybridized carbons (Fsp3) is 0.294. The molecule has 104 valence electrons. The highest BCUT2D eigenvalue weighted by Gasteiger charge is 2.27. The highest BCUT2D eigenvalue weighted by atomic mass is 35.5. The molecule has 0 radical (unpaired) electrons. The van der Waals surface area contributed by atoms with E-state index < -0.39 is 6.10 Å². The Kier molecular flexibility index (Phi) is 3.77. The lowest BCUT2D eigenvalue weighted by atomic mass is 9.94. The normalized spacial score (nSPS) is 16.1. The van der Waals surface area contributed by atoms with Crippen molar-refractivity contribution in [3.05, 3.63) is 70.0 Å². The predicted octanol–water partition coefficient (Wildman–Crippen LogP) is 4.63. The predicted molar refractivity (Wildman–Crippen MR) is 78.5 cm³/mol. The lowest BCUT2D eigenvalue weighted by Gasteiger charge is -2.16. The van der Waals surface area contributed by atoms with Gasteiger partial charge in [-0.3, -0.25) is 0 Å². The number of aliphatic hydroxyl groups is 1. The van der Waals surface area contributed by atoms with Gasteiger partial charge < -0.3 is 5.11 Å². The van der Waals surface area contributed by atoms with Crippen molar-refractivity contribution >= 4 is 11.6 Å². The van der Waals surface area contributed by atoms with E-state index in [1.165, 1.54) is 24.5 Å². The second-order valence-corrected chi connectivity index (χ2v) is 5.80. The number of benzene rings is 2. The molecule has 0 bridgehead atoms. The van der Waals surface area contributed by atoms with Crippen LogP contribution in [-0.2, 0) is 6.42 Å². The maximum Gasteiger partial charge on any atom is 0.127 e. The molecule has 20 heavy (non-hydrogen) atoms. The third-order valence-corrected chi connectivity index (χ3v) is 4.04. The van der Waals surface area contributed by atoms with Crippen molar-refractivity contribution in [2.24, 2.45) is 0 Å². The summed E-state index contributed by atoms with van der Waals surface area (Å²) in [5.74, 6) is 0.205. The monoisotopic (exact) mass is 290 g/mol. The van der Waals surface area contributed by atoms with Gasteiger partial charge in [0.25, 0.3) is 0 Å². The van der Waals surface area contributed by atoms with Crippen molar-refractivity contribution in [2.75, 3.05) is 0 Å². The van der Waals surface area contributed by atoms with Gasteiger partial charge in [0, 0.05) is 11.4 Å². The van der Waals surface area contributed by atoms with Crippen LogP contribution in [0.4, 0.5) is 4.39 Å². The molecule has 0 aliphatic heterocycles. The lowest BCUT2D eigenvalue weighted by molar-refractivity contribution is 0.176. The molecule has 1 unspecified atom stereocenters. The lowest BCUT2D eigenvalue weighted by Crippen LogP contribution is -2.06. The van der Waals surface area contributed by atoms with Crippen molar-refractivity contribution in [3.8, 4) is 0 Å². The van der Waals surface area contributed by atoms with Gasteiger partial charge in [0.2, 0.25) is 0 Å². The van der Waals surface area contributed by atoms with Crippen molar-refractivity contribution in [3.63, 3.8) is 0 Å². The quantitative estimate of drug-likeness (QED) is 0.870. The second kappa shape index (κ2) is 5.55. The largest absolute Gasteiger partial charge is 0.388 e. The molecule has 0 amide bonds. The number of hydrogen-bond acceptors (Lipinski definition) is 1. The molecule has 0 aromatic heterocycles. The molecule has 2 aromatic rings. The molecule has 1 aliphatic rings. The molecule has 0 heterocycles. The Labute approximate surface area is 123 Å². The fourth-order valence-corrected chi connectivity index (χ4v) is 2.74. The maximum atomic E-state index is 13.8. The van der Waals surface area contributed by atoms with Crippen LogP contribution in [0.3, 0.4) is 0 Å². The zero-order chi connectivity index (χ0) is 14.1. The zero-order valence-electron chi connectivity index (χ0n) is 11.0. The van der Waals surface area contributed by atoms with Crippen molar-refractivity contribution in [2.45, 2.75) is 31.3 Å². The molecule has 1 fully saturated rings. The molecule has 0 spiro atoms. The Hall–Kier alpha value is -1.38. The third-order valence-electron chi connectivity index (χ3n) is 3.80. The SMILES string of the molecule is OC(Cc1ccc(Cl)cc1F)c1ccccc1C1CC1. The van der Waals surface area contributed by atoms with Gasteiger partial charge in [-0.15, -0.1) is 0 Å². The summed E-state index contributed by atoms with van der Waals surface area (Å²) in [5, 5.41) is 10.8. The summed E-state index contributed by atoms with van der Waals surface area (Å²) in [4.78, 5) is 0. The molecule has 1 nitrogen and oxygen atoms in total. The molecule has 1 atom stereocenters. The second-order valence-electron chi connectivity index (χ2n) is 5.36. The Morgan fingerprint density at radius 2 is 1.95 bits per heavy atom. The molecule has 0 saturated heterocycles. The van der Waals surface area contributed by atoms with E-state index in [-0.39, 0.29) is 12.2 Å². The van der Waals surface area contributed by atoms with Crippen LogP contribution in [0, 0.1) is 5.82 Å². The standard InChI is InChI=1S/C17H16ClFO/c18-13-8-7-12(16(19)10-13)9-17(20)15-4-2-1-3-14(15)11-5-6-11/h1-4,7-8,10-11,17,20H,5-6,9H2. The van der Waals surface area contributed by atoms with Crippen LogP contribution in [0.15, 0.2) is 42.5 Å². The number of hydrogen-bond donors (Lipinski definition) is 1. The van der Waals surface area contributed by atoms with E-state index in [0.29, 0.717) is 16.5 Å². The zero-order valence-corrected chi connectivity index (χ0v) is 11.8. The van der Waals surface area contributed by atoms with Gasteiger partial charge in [-0.2, -0.15) is 0 Å². The van der Waals surface area contributed by atoms with Crippen molar-refractivity contribution in [1.82, 2.24) is 0 Å². The summed E-state index contributed by atoms with van der Waals surface area (Å²) in [6.07, 6.45) is 1.95. The van der Waals surface area contributed by atoms with E-state index >= 15 is 0 Å². The Balaban J connectivity index is 1.84. The van der Waals surface area contributed by atoms with Crippen molar-refractivity contribution in [1.29, 1.82) is 0 Å². The molecule has 3 rings (SSSR count). The summed E-state index contributed by atoms with van der Waals surface area (Å²) in [6.45, 7) is 0. The van der Waals surface area contributed by atoms with Gasteiger partial charge in [-0.1, -0.05) is 41.9 Å². The molecule has 2 aromatic carbocycles. The van der Waals surface area contributed by atoms with Gasteiger partial charge in [-0.25, -0.2) is 4.39 Å². The van der Waals surface area contributed by atoms with Gasteiger partial charge in [0.05, 0.1) is 6.10 Å². The number of halogens is 2. The van der Waals surface area contributed by atoms with E-state index in [2.05, 4.69) is 6.07 Å². The number of rotatable bonds is 4. The minimum Gasteiger partial charge on any atom is -0.388 e. The topological polar surface area (TPSA) is 20.2 Å². The van der Waals surface area contributed by atoms with Crippen LogP contribution in [0.2, 0.25) is 5.02 Å². The molecule has 1 aliphatic carbocycles. The highest BCUT2D eigenvalue weighted by molar-refractivity contribution is 6.30. The summed E-state index contributed by atoms with van der Waals surface area (Å²) in [6, 6.07) is 12.5. The van der Waals surface area contributed by atoms with Crippen LogP contribution < -0.4 is 0 Å². The molecule has 1 saturated carbocycles. The smallest absolute Gasteiger partial charge is 0.127 e. The van der Waals surface area contributed by atoms with Crippen molar-refractivity contribution < 1.29 is 9.50 Å². The van der Waals surface area contributed by atoms with E-state index in [9.17, 15) is 9.50 Å². The highest BCUT2D eigenvalue weighted by Crippen LogP contribution is 2.43. The van der Waals surface area contributed by atoms with Crippen LogP contribution in [0.25, 0.3) is 0 Å². The average Bonchev–Trinajstić information content (AvgIpc) is 3.26. The van der Waals surface area contributed by atoms with E-state index in [1.807, 2.05) is 18.2 Å². The van der Waals surface area contributed by atoms with Gasteiger partial charge in [0.15, 0.2) is 0 Å². The Bertz CT molecular complexity index is 622. The summed E-state index contributed by atoms with van der Waals surface area (Å²) in [5.41, 5.74) is 2.62. The number of aliphatic hydroxyl groups excluding tert-OH is 1. The first-order chi connectivity index (χ1) is 9.65. The first-order valence-electron chi connectivity index (χ1n) is 6.86. The minimum absolute atomic E-state index is 0.271. The Morgan fingerprint density at radius 3 is 2.65 bits per heavy atom. The summed E-state index contributed by atoms with van der Waals surface area (Å²) >= 11 is 5.74. The van der Waals surface area contributed by atoms with Gasteiger partial charge >= 0.3 is 0 Å². The minimum atomic E-state index is -0.678. The Morgan fingerprint density at radius 1 is 1.20 bits per heavy atom. The molecule has 1 N–H and O–H groups in total. The van der Waals surface area contributed by atoms with Crippen LogP contribution in [0.5, 0.6) is 0 Å². The molecule has 3 heteroatoms. The fourth-order valence-electron chi connectivity index (χ4n) is 2.59. The summed E-state index contributed by atoms with van der Waals surface area (Å²) in [7, 11) is 0. The average molecular weight is 291 g/mol. The van der Waals surface area contributed by atoms with E-state index in [0.717, 1.165) is 5.56 Å². The first-order valence-corrected chi connectivity index (χ1v) is 7.24. The summed E-state index contributed by atoms with van der Waals surface area (Å²) < 4.78 is 13.8. The van der Waals surface area contributed by atoms with E-state index in [4.69, 9.17) is 11.6 Å². The molecular formula is C17H16ClFO. The molecular weight excluding hydrogens is 275 g/mol. The van der Waals surface area contributed by atoms with Crippen LogP contribution in [0.1, 0.15) is 41.6 Å². The van der Waals surface area contributed by atoms with Gasteiger partial charge in [0.1, 0.15) is 5.82 Å². The third kappa shape index (κ3) is 2.87. The van der Waals surface area contributed by atoms with Gasteiger partial charge in [-0.05, 0) is 47.6 Å². The van der Waals surface area contributed by atoms with Crippen LogP contribution >= 0.6 is 11.6 Å². The van der Waals surface area contributed by atoms with E-state index in [1.54, 1.807) is 12.1 Å².